The van der Waals surface area contributed by atoms with Crippen molar-refractivity contribution in [3.63, 3.8) is 0 Å². The summed E-state index contributed by atoms with van der Waals surface area (Å²) in [6, 6.07) is 0.334. The van der Waals surface area contributed by atoms with Crippen LogP contribution in [0.2, 0.25) is 0 Å². The average Bonchev–Trinajstić information content (AvgIpc) is 2.04. The Bertz CT molecular complexity index is 184. The van der Waals surface area contributed by atoms with Crippen LogP contribution in [-0.4, -0.2) is 62.0 Å². The smallest absolute Gasteiger partial charge is 0.219 e. The predicted molar refractivity (Wildman–Crippen MR) is 52.6 cm³/mol. The van der Waals surface area contributed by atoms with Gasteiger partial charge in [-0.1, -0.05) is 0 Å². The Labute approximate surface area is 79.9 Å². The Balaban J connectivity index is 2.55. The van der Waals surface area contributed by atoms with E-state index in [1.165, 1.54) is 0 Å². The molecule has 1 saturated heterocycles. The van der Waals surface area contributed by atoms with E-state index in [2.05, 4.69) is 17.3 Å². The van der Waals surface area contributed by atoms with Gasteiger partial charge >= 0.3 is 0 Å². The fourth-order valence-corrected chi connectivity index (χ4v) is 1.84. The van der Waals surface area contributed by atoms with E-state index in [9.17, 15) is 4.79 Å². The number of likely N-dealkylation sites (N-methyl/N-ethyl adjacent to an activating group) is 2. The third-order valence-electron chi connectivity index (χ3n) is 2.53. The molecular weight excluding hydrogens is 166 g/mol. The second-order valence-corrected chi connectivity index (χ2v) is 3.69. The molecule has 1 unspecified atom stereocenters. The number of nitrogens with zero attached hydrogens (tertiary/aromatic N) is 2. The maximum absolute atomic E-state index is 11.3. The molecule has 1 rings (SSSR count). The molecule has 1 atom stereocenters. The van der Waals surface area contributed by atoms with E-state index in [0.29, 0.717) is 6.04 Å². The van der Waals surface area contributed by atoms with Crippen LogP contribution in [-0.2, 0) is 4.79 Å². The molecule has 0 bridgehead atoms. The lowest BCUT2D eigenvalue weighted by molar-refractivity contribution is -0.133. The first kappa shape index (κ1) is 10.5. The molecule has 0 aliphatic carbocycles. The molecule has 1 N–H and O–H groups in total. The van der Waals surface area contributed by atoms with Gasteiger partial charge in [-0.2, -0.15) is 0 Å². The summed E-state index contributed by atoms with van der Waals surface area (Å²) in [5.74, 6) is 0.188. The molecule has 13 heavy (non-hydrogen) atoms. The number of nitrogens with one attached hydrogen (secondary N) is 1. The Morgan fingerprint density at radius 3 is 2.77 bits per heavy atom. The van der Waals surface area contributed by atoms with Crippen LogP contribution in [0.3, 0.4) is 0 Å². The first-order chi connectivity index (χ1) is 6.15. The van der Waals surface area contributed by atoms with Gasteiger partial charge in [-0.15, -0.1) is 0 Å². The van der Waals surface area contributed by atoms with E-state index >= 15 is 0 Å². The van der Waals surface area contributed by atoms with Gasteiger partial charge in [-0.05, 0) is 14.1 Å². The van der Waals surface area contributed by atoms with Crippen LogP contribution < -0.4 is 5.32 Å². The van der Waals surface area contributed by atoms with E-state index in [1.54, 1.807) is 6.92 Å². The fourth-order valence-electron chi connectivity index (χ4n) is 1.84. The van der Waals surface area contributed by atoms with Gasteiger partial charge in [0.2, 0.25) is 5.91 Å². The Morgan fingerprint density at radius 1 is 1.54 bits per heavy atom. The van der Waals surface area contributed by atoms with Crippen molar-refractivity contribution in [1.82, 2.24) is 15.1 Å². The minimum Gasteiger partial charge on any atom is -0.336 e. The molecule has 4 nitrogen and oxygen atoms in total. The SMILES string of the molecule is CNCC1CN(C)CCN1C(C)=O. The highest BCUT2D eigenvalue weighted by molar-refractivity contribution is 5.73. The molecule has 1 heterocycles. The normalized spacial score (nSPS) is 24.8. The lowest BCUT2D eigenvalue weighted by atomic mass is 10.1. The van der Waals surface area contributed by atoms with Gasteiger partial charge in [0.05, 0.1) is 6.04 Å². The molecule has 1 amide bonds. The quantitative estimate of drug-likeness (QED) is 0.622. The molecule has 0 saturated carbocycles. The van der Waals surface area contributed by atoms with Crippen LogP contribution in [0.5, 0.6) is 0 Å². The van der Waals surface area contributed by atoms with Gasteiger partial charge in [-0.25, -0.2) is 0 Å². The van der Waals surface area contributed by atoms with Crippen LogP contribution in [0.25, 0.3) is 0 Å². The van der Waals surface area contributed by atoms with Crippen molar-refractivity contribution < 1.29 is 4.79 Å². The summed E-state index contributed by atoms with van der Waals surface area (Å²) in [5.41, 5.74) is 0. The molecule has 0 aromatic carbocycles. The number of piperazine rings is 1. The van der Waals surface area contributed by atoms with Crippen LogP contribution in [0.1, 0.15) is 6.92 Å². The second kappa shape index (κ2) is 4.58. The minimum absolute atomic E-state index is 0.188. The fraction of sp³-hybridized carbons (Fsp3) is 0.889. The van der Waals surface area contributed by atoms with Gasteiger partial charge < -0.3 is 15.1 Å². The minimum atomic E-state index is 0.188. The number of amides is 1. The van der Waals surface area contributed by atoms with E-state index < -0.39 is 0 Å². The molecule has 76 valence electrons. The highest BCUT2D eigenvalue weighted by Gasteiger charge is 2.25. The number of hydrogen-bond donors (Lipinski definition) is 1. The van der Waals surface area contributed by atoms with Gasteiger partial charge in [0.25, 0.3) is 0 Å². The Morgan fingerprint density at radius 2 is 2.23 bits per heavy atom. The van der Waals surface area contributed by atoms with E-state index in [4.69, 9.17) is 0 Å². The third kappa shape index (κ3) is 2.67. The maximum Gasteiger partial charge on any atom is 0.219 e. The predicted octanol–water partition coefficient (Wildman–Crippen LogP) is -0.632. The number of rotatable bonds is 2. The van der Waals surface area contributed by atoms with Crippen molar-refractivity contribution in [1.29, 1.82) is 0 Å². The summed E-state index contributed by atoms with van der Waals surface area (Å²) in [4.78, 5) is 15.5. The zero-order valence-corrected chi connectivity index (χ0v) is 8.71. The average molecular weight is 185 g/mol. The molecule has 1 fully saturated rings. The molecule has 0 radical (unpaired) electrons. The zero-order valence-electron chi connectivity index (χ0n) is 8.71. The molecule has 0 aromatic heterocycles. The first-order valence-electron chi connectivity index (χ1n) is 4.75. The van der Waals surface area contributed by atoms with Crippen molar-refractivity contribution in [3.05, 3.63) is 0 Å². The second-order valence-electron chi connectivity index (χ2n) is 3.69. The van der Waals surface area contributed by atoms with Crippen LogP contribution in [0, 0.1) is 0 Å². The molecule has 1 aliphatic heterocycles. The van der Waals surface area contributed by atoms with Crippen LogP contribution in [0.15, 0.2) is 0 Å². The molecule has 0 aromatic rings. The Kier molecular flexibility index (Phi) is 3.69. The van der Waals surface area contributed by atoms with Gasteiger partial charge in [0.15, 0.2) is 0 Å². The highest BCUT2D eigenvalue weighted by atomic mass is 16.2. The Hall–Kier alpha value is -0.610. The van der Waals surface area contributed by atoms with Gasteiger partial charge in [0.1, 0.15) is 0 Å². The summed E-state index contributed by atoms with van der Waals surface area (Å²) in [6.07, 6.45) is 0. The summed E-state index contributed by atoms with van der Waals surface area (Å²) < 4.78 is 0. The largest absolute Gasteiger partial charge is 0.336 e. The van der Waals surface area contributed by atoms with Crippen molar-refractivity contribution >= 4 is 5.91 Å². The highest BCUT2D eigenvalue weighted by Crippen LogP contribution is 2.07. The van der Waals surface area contributed by atoms with Crippen LogP contribution in [0.4, 0.5) is 0 Å². The summed E-state index contributed by atoms with van der Waals surface area (Å²) in [6.45, 7) is 5.34. The van der Waals surface area contributed by atoms with Crippen LogP contribution >= 0.6 is 0 Å². The number of hydrogen-bond acceptors (Lipinski definition) is 3. The summed E-state index contributed by atoms with van der Waals surface area (Å²) >= 11 is 0. The first-order valence-corrected chi connectivity index (χ1v) is 4.75. The lowest BCUT2D eigenvalue weighted by Crippen LogP contribution is -2.56. The zero-order chi connectivity index (χ0) is 9.84. The van der Waals surface area contributed by atoms with Gasteiger partial charge in [-0.3, -0.25) is 4.79 Å². The monoisotopic (exact) mass is 185 g/mol. The molecule has 4 heteroatoms. The topological polar surface area (TPSA) is 35.6 Å². The number of carbonyl (C=O) groups is 1. The lowest BCUT2D eigenvalue weighted by Gasteiger charge is -2.39. The maximum atomic E-state index is 11.3. The van der Waals surface area contributed by atoms with Crippen molar-refractivity contribution in [2.24, 2.45) is 0 Å². The standard InChI is InChI=1S/C9H19N3O/c1-8(13)12-5-4-11(3)7-9(12)6-10-2/h9-10H,4-7H2,1-3H3. The van der Waals surface area contributed by atoms with E-state index in [1.807, 2.05) is 11.9 Å². The number of carbonyl (C=O) groups excluding carboxylic acids is 1. The van der Waals surface area contributed by atoms with E-state index in [-0.39, 0.29) is 5.91 Å². The summed E-state index contributed by atoms with van der Waals surface area (Å²) in [7, 11) is 4.02. The molecule has 1 aliphatic rings. The third-order valence-corrected chi connectivity index (χ3v) is 2.53. The molecular formula is C9H19N3O. The molecule has 0 spiro atoms. The van der Waals surface area contributed by atoms with Gasteiger partial charge in [0, 0.05) is 33.1 Å². The van der Waals surface area contributed by atoms with Crippen molar-refractivity contribution in [2.75, 3.05) is 40.3 Å². The van der Waals surface area contributed by atoms with E-state index in [0.717, 1.165) is 26.2 Å². The summed E-state index contributed by atoms with van der Waals surface area (Å²) in [5, 5.41) is 3.12. The van der Waals surface area contributed by atoms with Crippen molar-refractivity contribution in [2.45, 2.75) is 13.0 Å². The van der Waals surface area contributed by atoms with Crippen molar-refractivity contribution in [3.8, 4) is 0 Å².